The minimum absolute atomic E-state index is 0.145. The molecule has 7 nitrogen and oxygen atoms in total. The lowest BCUT2D eigenvalue weighted by Crippen LogP contribution is -2.30. The topological polar surface area (TPSA) is 73.1 Å². The molecule has 198 valence electrons. The van der Waals surface area contributed by atoms with E-state index in [0.29, 0.717) is 33.6 Å². The second-order valence-electron chi connectivity index (χ2n) is 9.25. The SMILES string of the molecule is COc1ccc(CCN2C(=O)/C(=C\c3c(Oc4cccc(C)c4C)nc4c(C)cccn4c3=O)SC2=S)cc1. The van der Waals surface area contributed by atoms with Gasteiger partial charge in [0.15, 0.2) is 0 Å². The van der Waals surface area contributed by atoms with Crippen LogP contribution in [-0.2, 0) is 11.2 Å². The Kier molecular flexibility index (Phi) is 7.54. The van der Waals surface area contributed by atoms with E-state index in [-0.39, 0.29) is 22.9 Å². The lowest BCUT2D eigenvalue weighted by atomic mass is 10.1. The minimum Gasteiger partial charge on any atom is -0.497 e. The molecule has 1 aliphatic rings. The number of benzene rings is 2. The predicted molar refractivity (Wildman–Crippen MR) is 159 cm³/mol. The van der Waals surface area contributed by atoms with Crippen molar-refractivity contribution in [2.45, 2.75) is 27.2 Å². The number of aromatic nitrogens is 2. The first-order valence-corrected chi connectivity index (χ1v) is 13.6. The van der Waals surface area contributed by atoms with Crippen LogP contribution in [0.4, 0.5) is 0 Å². The van der Waals surface area contributed by atoms with Crippen molar-refractivity contribution in [2.75, 3.05) is 13.7 Å². The Morgan fingerprint density at radius 2 is 1.74 bits per heavy atom. The summed E-state index contributed by atoms with van der Waals surface area (Å²) in [6.45, 7) is 6.26. The summed E-state index contributed by atoms with van der Waals surface area (Å²) in [5.41, 5.74) is 4.25. The van der Waals surface area contributed by atoms with E-state index in [9.17, 15) is 9.59 Å². The zero-order valence-corrected chi connectivity index (χ0v) is 23.7. The Bertz CT molecular complexity index is 1690. The predicted octanol–water partition coefficient (Wildman–Crippen LogP) is 5.86. The Balaban J connectivity index is 1.51. The Morgan fingerprint density at radius 3 is 2.49 bits per heavy atom. The van der Waals surface area contributed by atoms with E-state index in [2.05, 4.69) is 0 Å². The Labute approximate surface area is 236 Å². The van der Waals surface area contributed by atoms with Gasteiger partial charge in [0.05, 0.1) is 12.0 Å². The molecule has 0 bridgehead atoms. The summed E-state index contributed by atoms with van der Waals surface area (Å²) < 4.78 is 13.4. The van der Waals surface area contributed by atoms with Crippen LogP contribution in [0.3, 0.4) is 0 Å². The number of hydrogen-bond donors (Lipinski definition) is 0. The number of hydrogen-bond acceptors (Lipinski definition) is 7. The third-order valence-electron chi connectivity index (χ3n) is 6.74. The summed E-state index contributed by atoms with van der Waals surface area (Å²) in [7, 11) is 1.62. The maximum atomic E-state index is 13.7. The van der Waals surface area contributed by atoms with Crippen molar-refractivity contribution >= 4 is 45.9 Å². The first kappa shape index (κ1) is 26.6. The van der Waals surface area contributed by atoms with Crippen molar-refractivity contribution in [3.05, 3.63) is 104 Å². The second-order valence-corrected chi connectivity index (χ2v) is 10.9. The zero-order valence-electron chi connectivity index (χ0n) is 22.1. The van der Waals surface area contributed by atoms with Crippen LogP contribution in [0.5, 0.6) is 17.4 Å². The molecule has 0 unspecified atom stereocenters. The molecular formula is C30H27N3O4S2. The highest BCUT2D eigenvalue weighted by atomic mass is 32.2. The lowest BCUT2D eigenvalue weighted by Gasteiger charge is -2.15. The number of amides is 1. The van der Waals surface area contributed by atoms with Gasteiger partial charge in [0.1, 0.15) is 27.0 Å². The number of carbonyl (C=O) groups is 1. The van der Waals surface area contributed by atoms with Gasteiger partial charge in [0.2, 0.25) is 5.88 Å². The number of nitrogens with zero attached hydrogens (tertiary/aromatic N) is 3. The number of thiocarbonyl (C=S) groups is 1. The summed E-state index contributed by atoms with van der Waals surface area (Å²) in [4.78, 5) is 33.7. The van der Waals surface area contributed by atoms with Crippen molar-refractivity contribution in [2.24, 2.45) is 0 Å². The number of ether oxygens (including phenoxy) is 2. The van der Waals surface area contributed by atoms with Gasteiger partial charge < -0.3 is 9.47 Å². The molecule has 0 saturated carbocycles. The monoisotopic (exact) mass is 557 g/mol. The molecule has 4 aromatic rings. The van der Waals surface area contributed by atoms with Gasteiger partial charge in [0.25, 0.3) is 11.5 Å². The Morgan fingerprint density at radius 1 is 1.00 bits per heavy atom. The van der Waals surface area contributed by atoms with Crippen LogP contribution >= 0.6 is 24.0 Å². The highest BCUT2D eigenvalue weighted by Gasteiger charge is 2.32. The van der Waals surface area contributed by atoms with Crippen LogP contribution in [0, 0.1) is 20.8 Å². The summed E-state index contributed by atoms with van der Waals surface area (Å²) in [5.74, 6) is 1.27. The summed E-state index contributed by atoms with van der Waals surface area (Å²) in [6.07, 6.45) is 3.85. The third-order valence-corrected chi connectivity index (χ3v) is 8.12. The smallest absolute Gasteiger partial charge is 0.269 e. The van der Waals surface area contributed by atoms with Gasteiger partial charge in [0, 0.05) is 12.7 Å². The molecule has 5 rings (SSSR count). The van der Waals surface area contributed by atoms with Crippen molar-refractivity contribution in [3.63, 3.8) is 0 Å². The molecule has 0 atom stereocenters. The van der Waals surface area contributed by atoms with Crippen molar-refractivity contribution in [3.8, 4) is 17.4 Å². The zero-order chi connectivity index (χ0) is 27.7. The molecule has 9 heteroatoms. The van der Waals surface area contributed by atoms with Gasteiger partial charge in [-0.25, -0.2) is 0 Å². The van der Waals surface area contributed by atoms with E-state index < -0.39 is 0 Å². The van der Waals surface area contributed by atoms with Gasteiger partial charge in [-0.15, -0.1) is 0 Å². The van der Waals surface area contributed by atoms with Crippen LogP contribution in [0.25, 0.3) is 11.7 Å². The van der Waals surface area contributed by atoms with Crippen LogP contribution in [0.15, 0.2) is 70.5 Å². The fourth-order valence-corrected chi connectivity index (χ4v) is 5.58. The third kappa shape index (κ3) is 5.32. The standard InChI is InChI=1S/C30H27N3O4S2/c1-18-7-5-9-24(20(18)3)37-27-23(28(34)32-15-6-8-19(2)26(32)31-27)17-25-29(35)33(30(38)39-25)16-14-21-10-12-22(36-4)13-11-21/h5-13,15,17H,14,16H2,1-4H3/b25-17+. The van der Waals surface area contributed by atoms with Crippen molar-refractivity contribution in [1.82, 2.24) is 14.3 Å². The number of pyridine rings is 1. The number of thioether (sulfide) groups is 1. The van der Waals surface area contributed by atoms with Crippen molar-refractivity contribution in [1.29, 1.82) is 0 Å². The van der Waals surface area contributed by atoms with Gasteiger partial charge >= 0.3 is 0 Å². The van der Waals surface area contributed by atoms with Crippen molar-refractivity contribution < 1.29 is 14.3 Å². The minimum atomic E-state index is -0.326. The summed E-state index contributed by atoms with van der Waals surface area (Å²) in [6, 6.07) is 17.1. The molecule has 0 spiro atoms. The van der Waals surface area contributed by atoms with Gasteiger partial charge in [-0.2, -0.15) is 4.98 Å². The molecule has 0 radical (unpaired) electrons. The number of carbonyl (C=O) groups excluding carboxylic acids is 1. The van der Waals surface area contributed by atoms with E-state index in [1.165, 1.54) is 16.2 Å². The molecule has 1 saturated heterocycles. The van der Waals surface area contributed by atoms with Crippen LogP contribution in [-0.4, -0.2) is 38.2 Å². The van der Waals surface area contributed by atoms with Crippen LogP contribution in [0.1, 0.15) is 27.8 Å². The molecule has 0 aliphatic carbocycles. The fraction of sp³-hybridized carbons (Fsp3) is 0.200. The van der Waals surface area contributed by atoms with E-state index in [1.807, 2.05) is 69.3 Å². The molecule has 3 heterocycles. The summed E-state index contributed by atoms with van der Waals surface area (Å²) >= 11 is 6.71. The van der Waals surface area contributed by atoms with E-state index in [0.717, 1.165) is 28.0 Å². The molecule has 1 fully saturated rings. The molecule has 39 heavy (non-hydrogen) atoms. The van der Waals surface area contributed by atoms with E-state index >= 15 is 0 Å². The normalized spacial score (nSPS) is 14.5. The number of fused-ring (bicyclic) bond motifs is 1. The summed E-state index contributed by atoms with van der Waals surface area (Å²) in [5, 5.41) is 0. The fourth-order valence-electron chi connectivity index (χ4n) is 4.29. The first-order chi connectivity index (χ1) is 18.8. The second kappa shape index (κ2) is 11.0. The average molecular weight is 558 g/mol. The highest BCUT2D eigenvalue weighted by Crippen LogP contribution is 2.35. The molecular weight excluding hydrogens is 530 g/mol. The average Bonchev–Trinajstić information content (AvgIpc) is 3.20. The number of rotatable bonds is 7. The van der Waals surface area contributed by atoms with Gasteiger partial charge in [-0.3, -0.25) is 18.9 Å². The molecule has 1 amide bonds. The number of methoxy groups -OCH3 is 1. The van der Waals surface area contributed by atoms with E-state index in [4.69, 9.17) is 26.7 Å². The molecule has 1 aliphatic heterocycles. The maximum absolute atomic E-state index is 13.7. The maximum Gasteiger partial charge on any atom is 0.269 e. The first-order valence-electron chi connectivity index (χ1n) is 12.4. The van der Waals surface area contributed by atoms with Crippen LogP contribution < -0.4 is 15.0 Å². The highest BCUT2D eigenvalue weighted by molar-refractivity contribution is 8.26. The Hall–Kier alpha value is -3.95. The molecule has 0 N–H and O–H groups in total. The van der Waals surface area contributed by atoms with Gasteiger partial charge in [-0.1, -0.05) is 54.3 Å². The van der Waals surface area contributed by atoms with Gasteiger partial charge in [-0.05, 0) is 79.8 Å². The quantitative estimate of drug-likeness (QED) is 0.208. The lowest BCUT2D eigenvalue weighted by molar-refractivity contribution is -0.122. The van der Waals surface area contributed by atoms with Crippen LogP contribution in [0.2, 0.25) is 0 Å². The largest absolute Gasteiger partial charge is 0.497 e. The molecule has 2 aromatic carbocycles. The number of aryl methyl sites for hydroxylation is 2. The van der Waals surface area contributed by atoms with E-state index in [1.54, 1.807) is 30.3 Å². The molecule has 2 aromatic heterocycles.